The Morgan fingerprint density at radius 1 is 1.10 bits per heavy atom. The molecule has 3 amide bonds. The number of carbonyl (C=O) groups is 3. The molecule has 3 rings (SSSR count). The van der Waals surface area contributed by atoms with Crippen molar-refractivity contribution in [2.45, 2.75) is 31.3 Å². The fourth-order valence-electron chi connectivity index (χ4n) is 4.06. The number of benzene rings is 2. The van der Waals surface area contributed by atoms with Gasteiger partial charge in [-0.2, -0.15) is 0 Å². The highest BCUT2D eigenvalue weighted by atomic mass is 16.2. The topological polar surface area (TPSA) is 105 Å². The van der Waals surface area contributed by atoms with Crippen molar-refractivity contribution in [3.63, 3.8) is 0 Å². The molecule has 0 bridgehead atoms. The van der Waals surface area contributed by atoms with Crippen molar-refractivity contribution in [2.24, 2.45) is 11.7 Å². The van der Waals surface area contributed by atoms with Gasteiger partial charge in [0.2, 0.25) is 5.91 Å². The largest absolute Gasteiger partial charge is 0.351 e. The average molecular weight is 423 g/mol. The number of amides is 3. The summed E-state index contributed by atoms with van der Waals surface area (Å²) < 4.78 is 0. The van der Waals surface area contributed by atoms with E-state index in [9.17, 15) is 14.4 Å². The normalized spacial score (nSPS) is 18.1. The molecule has 1 fully saturated rings. The van der Waals surface area contributed by atoms with Crippen LogP contribution in [0.4, 0.5) is 4.79 Å². The van der Waals surface area contributed by atoms with E-state index in [0.717, 1.165) is 17.4 Å². The van der Waals surface area contributed by atoms with Gasteiger partial charge >= 0.3 is 6.03 Å². The lowest BCUT2D eigenvalue weighted by Crippen LogP contribution is -2.61. The first kappa shape index (κ1) is 22.5. The van der Waals surface area contributed by atoms with Crippen LogP contribution >= 0.6 is 0 Å². The van der Waals surface area contributed by atoms with Crippen molar-refractivity contribution in [2.75, 3.05) is 19.6 Å². The number of nitrogens with two attached hydrogens (primary N) is 1. The lowest BCUT2D eigenvalue weighted by Gasteiger charge is -2.39. The van der Waals surface area contributed by atoms with E-state index in [1.54, 1.807) is 4.90 Å². The van der Waals surface area contributed by atoms with Gasteiger partial charge in [-0.15, -0.1) is 0 Å². The summed E-state index contributed by atoms with van der Waals surface area (Å²) in [6.07, 6.45) is 2.44. The molecule has 31 heavy (non-hydrogen) atoms. The Bertz CT molecular complexity index is 860. The van der Waals surface area contributed by atoms with E-state index < -0.39 is 18.0 Å². The van der Waals surface area contributed by atoms with Crippen molar-refractivity contribution >= 4 is 18.2 Å². The highest BCUT2D eigenvalue weighted by Gasteiger charge is 2.36. The van der Waals surface area contributed by atoms with Crippen molar-refractivity contribution in [1.82, 2.24) is 15.5 Å². The summed E-state index contributed by atoms with van der Waals surface area (Å²) in [6.45, 7) is 1.56. The fraction of sp³-hybridized carbons (Fsp3) is 0.375. The van der Waals surface area contributed by atoms with Crippen LogP contribution in [0.5, 0.6) is 0 Å². The fourth-order valence-corrected chi connectivity index (χ4v) is 4.06. The number of carbonyl (C=O) groups excluding carboxylic acids is 3. The standard InChI is InChI=1S/C24H30N4O3/c25-24(31)28-14-13-26-16-22(28)21(15-19-9-5-2-6-10-19)23(30)27-20(17-29)12-11-18-7-3-1-4-8-18/h1-10,17,20-22,26H,11-16H2,(H2,25,31)(H,27,30)/t20-,21-,22?/m0/s1. The van der Waals surface area contributed by atoms with Gasteiger partial charge in [0, 0.05) is 19.6 Å². The number of aryl methyl sites for hydroxylation is 1. The van der Waals surface area contributed by atoms with Gasteiger partial charge in [0.05, 0.1) is 18.0 Å². The summed E-state index contributed by atoms with van der Waals surface area (Å²) >= 11 is 0. The van der Waals surface area contributed by atoms with Gasteiger partial charge in [-0.1, -0.05) is 60.7 Å². The summed E-state index contributed by atoms with van der Waals surface area (Å²) in [7, 11) is 0. The molecule has 1 unspecified atom stereocenters. The number of hydrogen-bond acceptors (Lipinski definition) is 4. The average Bonchev–Trinajstić information content (AvgIpc) is 2.81. The molecule has 0 aliphatic carbocycles. The highest BCUT2D eigenvalue weighted by molar-refractivity contribution is 5.83. The predicted octanol–water partition coefficient (Wildman–Crippen LogP) is 1.51. The predicted molar refractivity (Wildman–Crippen MR) is 119 cm³/mol. The molecular formula is C24H30N4O3. The molecule has 0 spiro atoms. The van der Waals surface area contributed by atoms with Gasteiger partial charge in [-0.25, -0.2) is 4.79 Å². The number of hydrogen-bond donors (Lipinski definition) is 3. The minimum absolute atomic E-state index is 0.242. The molecule has 164 valence electrons. The third-order valence-corrected chi connectivity index (χ3v) is 5.74. The van der Waals surface area contributed by atoms with Crippen LogP contribution in [0.3, 0.4) is 0 Å². The van der Waals surface area contributed by atoms with E-state index in [1.807, 2.05) is 60.7 Å². The molecule has 1 saturated heterocycles. The number of primary amides is 1. The molecule has 7 heteroatoms. The van der Waals surface area contributed by atoms with Gasteiger partial charge in [0.1, 0.15) is 6.29 Å². The van der Waals surface area contributed by atoms with Gasteiger partial charge in [0.15, 0.2) is 0 Å². The number of aldehydes is 1. The maximum absolute atomic E-state index is 13.3. The molecule has 2 aromatic carbocycles. The van der Waals surface area contributed by atoms with Gasteiger partial charge < -0.3 is 26.1 Å². The Balaban J connectivity index is 1.74. The molecule has 0 saturated carbocycles. The zero-order chi connectivity index (χ0) is 22.1. The van der Waals surface area contributed by atoms with Gasteiger partial charge in [-0.05, 0) is 30.4 Å². The van der Waals surface area contributed by atoms with E-state index in [0.29, 0.717) is 38.9 Å². The molecule has 1 aliphatic rings. The van der Waals surface area contributed by atoms with E-state index in [1.165, 1.54) is 0 Å². The van der Waals surface area contributed by atoms with Gasteiger partial charge in [0.25, 0.3) is 0 Å². The Morgan fingerprint density at radius 2 is 1.74 bits per heavy atom. The molecule has 0 radical (unpaired) electrons. The Morgan fingerprint density at radius 3 is 2.35 bits per heavy atom. The van der Waals surface area contributed by atoms with Crippen molar-refractivity contribution in [3.8, 4) is 0 Å². The number of nitrogens with one attached hydrogen (secondary N) is 2. The van der Waals surface area contributed by atoms with Crippen LogP contribution in [0.25, 0.3) is 0 Å². The molecule has 7 nitrogen and oxygen atoms in total. The monoisotopic (exact) mass is 422 g/mol. The number of urea groups is 1. The molecule has 3 atom stereocenters. The Hall–Kier alpha value is -3.19. The van der Waals surface area contributed by atoms with E-state index in [4.69, 9.17) is 5.73 Å². The highest BCUT2D eigenvalue weighted by Crippen LogP contribution is 2.20. The van der Waals surface area contributed by atoms with Crippen molar-refractivity contribution in [3.05, 3.63) is 71.8 Å². The second-order valence-corrected chi connectivity index (χ2v) is 7.87. The van der Waals surface area contributed by atoms with E-state index in [2.05, 4.69) is 10.6 Å². The number of piperazine rings is 1. The van der Waals surface area contributed by atoms with Crippen LogP contribution in [0.2, 0.25) is 0 Å². The van der Waals surface area contributed by atoms with Crippen LogP contribution in [0.1, 0.15) is 17.5 Å². The van der Waals surface area contributed by atoms with E-state index >= 15 is 0 Å². The first-order valence-corrected chi connectivity index (χ1v) is 10.7. The third kappa shape index (κ3) is 6.39. The molecule has 2 aromatic rings. The van der Waals surface area contributed by atoms with Crippen LogP contribution in [-0.2, 0) is 22.4 Å². The zero-order valence-corrected chi connectivity index (χ0v) is 17.6. The lowest BCUT2D eigenvalue weighted by atomic mass is 9.88. The second kappa shape index (κ2) is 11.3. The summed E-state index contributed by atoms with van der Waals surface area (Å²) in [5, 5.41) is 6.16. The Kier molecular flexibility index (Phi) is 8.18. The van der Waals surface area contributed by atoms with Crippen molar-refractivity contribution < 1.29 is 14.4 Å². The summed E-state index contributed by atoms with van der Waals surface area (Å²) in [4.78, 5) is 38.6. The first-order valence-electron chi connectivity index (χ1n) is 10.7. The van der Waals surface area contributed by atoms with Crippen LogP contribution < -0.4 is 16.4 Å². The summed E-state index contributed by atoms with van der Waals surface area (Å²) in [5.74, 6) is -0.768. The minimum Gasteiger partial charge on any atom is -0.351 e. The lowest BCUT2D eigenvalue weighted by molar-refractivity contribution is -0.129. The summed E-state index contributed by atoms with van der Waals surface area (Å²) in [6, 6.07) is 18.0. The quantitative estimate of drug-likeness (QED) is 0.533. The number of rotatable bonds is 9. The molecule has 4 N–H and O–H groups in total. The first-order chi connectivity index (χ1) is 15.1. The molecule has 1 aliphatic heterocycles. The maximum Gasteiger partial charge on any atom is 0.315 e. The third-order valence-electron chi connectivity index (χ3n) is 5.74. The summed E-state index contributed by atoms with van der Waals surface area (Å²) in [5.41, 5.74) is 7.70. The maximum atomic E-state index is 13.3. The SMILES string of the molecule is NC(=O)N1CCNCC1[C@H](Cc1ccccc1)C(=O)N[C@H](C=O)CCc1ccccc1. The second-order valence-electron chi connectivity index (χ2n) is 7.87. The minimum atomic E-state index is -0.593. The van der Waals surface area contributed by atoms with Crippen LogP contribution in [0, 0.1) is 5.92 Å². The smallest absolute Gasteiger partial charge is 0.315 e. The molecule has 1 heterocycles. The van der Waals surface area contributed by atoms with Crippen LogP contribution in [-0.4, -0.2) is 54.8 Å². The van der Waals surface area contributed by atoms with Crippen LogP contribution in [0.15, 0.2) is 60.7 Å². The van der Waals surface area contributed by atoms with E-state index in [-0.39, 0.29) is 11.9 Å². The van der Waals surface area contributed by atoms with Gasteiger partial charge in [-0.3, -0.25) is 4.79 Å². The zero-order valence-electron chi connectivity index (χ0n) is 17.6. The van der Waals surface area contributed by atoms with Crippen molar-refractivity contribution in [1.29, 1.82) is 0 Å². The molecule has 0 aromatic heterocycles. The Labute approximate surface area is 183 Å². The molecular weight excluding hydrogens is 392 g/mol. The number of nitrogens with zero attached hydrogens (tertiary/aromatic N) is 1.